The third-order valence-electron chi connectivity index (χ3n) is 2.86. The molecule has 118 valence electrons. The fraction of sp³-hybridized carbons (Fsp3) is 0.154. The third kappa shape index (κ3) is 3.66. The van der Waals surface area contributed by atoms with E-state index in [9.17, 15) is 0 Å². The molecule has 3 aromatic rings. The Morgan fingerprint density at radius 1 is 1.30 bits per heavy atom. The van der Waals surface area contributed by atoms with Crippen LogP contribution in [0.5, 0.6) is 0 Å². The zero-order valence-corrected chi connectivity index (χ0v) is 14.2. The lowest BCUT2D eigenvalue weighted by Crippen LogP contribution is -2.12. The minimum atomic E-state index is 0.101. The summed E-state index contributed by atoms with van der Waals surface area (Å²) in [5.74, 6) is 0.485. The second kappa shape index (κ2) is 7.03. The van der Waals surface area contributed by atoms with Crippen LogP contribution in [0.3, 0.4) is 0 Å². The molecular formula is C13H10Cl2N6OS. The Morgan fingerprint density at radius 2 is 2.09 bits per heavy atom. The number of thiazole rings is 1. The molecule has 0 N–H and O–H groups in total. The first-order valence-electron chi connectivity index (χ1n) is 6.44. The van der Waals surface area contributed by atoms with Crippen LogP contribution in [-0.2, 0) is 18.5 Å². The monoisotopic (exact) mass is 368 g/mol. The Bertz CT molecular complexity index is 832. The normalized spacial score (nSPS) is 11.7. The molecule has 10 heteroatoms. The van der Waals surface area contributed by atoms with Gasteiger partial charge in [-0.2, -0.15) is 0 Å². The Kier molecular flexibility index (Phi) is 4.85. The highest BCUT2D eigenvalue weighted by atomic mass is 35.5. The van der Waals surface area contributed by atoms with E-state index in [4.69, 9.17) is 28.0 Å². The number of tetrazole rings is 1. The molecule has 0 spiro atoms. The summed E-state index contributed by atoms with van der Waals surface area (Å²) in [5.41, 5.74) is 1.87. The van der Waals surface area contributed by atoms with E-state index in [2.05, 4.69) is 25.7 Å². The van der Waals surface area contributed by atoms with Crippen molar-refractivity contribution in [3.8, 4) is 0 Å². The maximum Gasteiger partial charge on any atom is 0.204 e. The Labute approximate surface area is 145 Å². The Morgan fingerprint density at radius 3 is 2.70 bits per heavy atom. The van der Waals surface area contributed by atoms with Crippen LogP contribution < -0.4 is 0 Å². The summed E-state index contributed by atoms with van der Waals surface area (Å²) in [6.45, 7) is 0.101. The van der Waals surface area contributed by atoms with Crippen molar-refractivity contribution in [2.24, 2.45) is 12.2 Å². The molecule has 2 heterocycles. The molecule has 0 fully saturated rings. The average Bonchev–Trinajstić information content (AvgIpc) is 3.10. The van der Waals surface area contributed by atoms with E-state index < -0.39 is 0 Å². The van der Waals surface area contributed by atoms with Gasteiger partial charge in [0.1, 0.15) is 10.0 Å². The van der Waals surface area contributed by atoms with Gasteiger partial charge < -0.3 is 4.84 Å². The van der Waals surface area contributed by atoms with E-state index in [0.29, 0.717) is 26.0 Å². The van der Waals surface area contributed by atoms with Gasteiger partial charge in [0, 0.05) is 12.6 Å². The van der Waals surface area contributed by atoms with Gasteiger partial charge in [-0.15, -0.1) is 5.10 Å². The summed E-state index contributed by atoms with van der Waals surface area (Å²) in [6, 6.07) is 9.48. The summed E-state index contributed by atoms with van der Waals surface area (Å²) >= 11 is 13.0. The van der Waals surface area contributed by atoms with E-state index in [0.717, 1.165) is 5.56 Å². The SMILES string of the molecule is Cn1nnnc1/C(=N/OCc1nc(Cl)sc1Cl)c1ccccc1. The first-order chi connectivity index (χ1) is 11.1. The average molecular weight is 369 g/mol. The number of oxime groups is 1. The van der Waals surface area contributed by atoms with Gasteiger partial charge in [0.25, 0.3) is 0 Å². The first kappa shape index (κ1) is 15.9. The highest BCUT2D eigenvalue weighted by Crippen LogP contribution is 2.28. The van der Waals surface area contributed by atoms with Gasteiger partial charge in [0.05, 0.1) is 0 Å². The Balaban J connectivity index is 1.87. The third-order valence-corrected chi connectivity index (χ3v) is 4.30. The van der Waals surface area contributed by atoms with E-state index in [-0.39, 0.29) is 6.61 Å². The van der Waals surface area contributed by atoms with Crippen LogP contribution in [0, 0.1) is 0 Å². The van der Waals surface area contributed by atoms with Crippen LogP contribution in [0.2, 0.25) is 8.80 Å². The molecule has 2 aromatic heterocycles. The van der Waals surface area contributed by atoms with Crippen molar-refractivity contribution in [3.05, 3.63) is 56.2 Å². The molecule has 0 atom stereocenters. The number of hydrogen-bond acceptors (Lipinski definition) is 7. The predicted molar refractivity (Wildman–Crippen MR) is 87.8 cm³/mol. The minimum absolute atomic E-state index is 0.101. The molecular weight excluding hydrogens is 359 g/mol. The summed E-state index contributed by atoms with van der Waals surface area (Å²) in [6.07, 6.45) is 0. The van der Waals surface area contributed by atoms with E-state index in [1.54, 1.807) is 7.05 Å². The standard InChI is InChI=1S/C13H10Cl2N6OS/c1-21-12(17-19-20-21)10(8-5-3-2-4-6-8)18-22-7-9-11(14)23-13(15)16-9/h2-6H,7H2,1H3/b18-10+. The molecule has 0 aliphatic carbocycles. The Hall–Kier alpha value is -2.03. The summed E-state index contributed by atoms with van der Waals surface area (Å²) < 4.78 is 2.35. The van der Waals surface area contributed by atoms with Crippen molar-refractivity contribution < 1.29 is 4.84 Å². The van der Waals surface area contributed by atoms with Crippen LogP contribution in [-0.4, -0.2) is 30.9 Å². The van der Waals surface area contributed by atoms with Crippen molar-refractivity contribution in [2.75, 3.05) is 0 Å². The lowest BCUT2D eigenvalue weighted by Gasteiger charge is -2.05. The molecule has 0 bridgehead atoms. The van der Waals surface area contributed by atoms with E-state index in [1.807, 2.05) is 30.3 Å². The predicted octanol–water partition coefficient (Wildman–Crippen LogP) is 2.94. The van der Waals surface area contributed by atoms with Crippen molar-refractivity contribution in [3.63, 3.8) is 0 Å². The van der Waals surface area contributed by atoms with Gasteiger partial charge in [-0.05, 0) is 10.4 Å². The van der Waals surface area contributed by atoms with Gasteiger partial charge in [0.2, 0.25) is 5.82 Å². The summed E-state index contributed by atoms with van der Waals surface area (Å²) in [5, 5.41) is 15.6. The molecule has 0 saturated heterocycles. The van der Waals surface area contributed by atoms with Gasteiger partial charge in [0.15, 0.2) is 16.8 Å². The van der Waals surface area contributed by atoms with Gasteiger partial charge in [-0.1, -0.05) is 70.0 Å². The van der Waals surface area contributed by atoms with Crippen molar-refractivity contribution >= 4 is 40.3 Å². The molecule has 0 saturated carbocycles. The molecule has 23 heavy (non-hydrogen) atoms. The largest absolute Gasteiger partial charge is 0.389 e. The van der Waals surface area contributed by atoms with Crippen molar-refractivity contribution in [1.82, 2.24) is 25.2 Å². The summed E-state index contributed by atoms with van der Waals surface area (Å²) in [4.78, 5) is 9.46. The fourth-order valence-corrected chi connectivity index (χ4v) is 3.10. The van der Waals surface area contributed by atoms with Gasteiger partial charge in [-0.25, -0.2) is 9.67 Å². The van der Waals surface area contributed by atoms with Crippen LogP contribution in [0.4, 0.5) is 0 Å². The first-order valence-corrected chi connectivity index (χ1v) is 8.01. The summed E-state index contributed by atoms with van der Waals surface area (Å²) in [7, 11) is 1.73. The number of nitrogens with zero attached hydrogens (tertiary/aromatic N) is 6. The quantitative estimate of drug-likeness (QED) is 0.510. The fourth-order valence-electron chi connectivity index (χ4n) is 1.80. The lowest BCUT2D eigenvalue weighted by molar-refractivity contribution is 0.128. The zero-order valence-electron chi connectivity index (χ0n) is 11.8. The number of rotatable bonds is 5. The topological polar surface area (TPSA) is 78.1 Å². The van der Waals surface area contributed by atoms with Crippen LogP contribution >= 0.6 is 34.5 Å². The van der Waals surface area contributed by atoms with Crippen LogP contribution in [0.25, 0.3) is 0 Å². The molecule has 1 aromatic carbocycles. The molecule has 0 aliphatic rings. The smallest absolute Gasteiger partial charge is 0.204 e. The maximum atomic E-state index is 6.01. The zero-order chi connectivity index (χ0) is 16.2. The highest BCUT2D eigenvalue weighted by molar-refractivity contribution is 7.19. The number of hydrogen-bond donors (Lipinski definition) is 0. The number of benzene rings is 1. The van der Waals surface area contributed by atoms with Gasteiger partial charge >= 0.3 is 0 Å². The van der Waals surface area contributed by atoms with E-state index >= 15 is 0 Å². The number of halogens is 2. The molecule has 3 rings (SSSR count). The number of aromatic nitrogens is 5. The molecule has 7 nitrogen and oxygen atoms in total. The van der Waals surface area contributed by atoms with Crippen LogP contribution in [0.1, 0.15) is 17.1 Å². The molecule has 0 unspecified atom stereocenters. The minimum Gasteiger partial charge on any atom is -0.389 e. The van der Waals surface area contributed by atoms with Gasteiger partial charge in [-0.3, -0.25) is 0 Å². The van der Waals surface area contributed by atoms with Crippen molar-refractivity contribution in [2.45, 2.75) is 6.61 Å². The maximum absolute atomic E-state index is 6.01. The van der Waals surface area contributed by atoms with E-state index in [1.165, 1.54) is 16.0 Å². The lowest BCUT2D eigenvalue weighted by atomic mass is 10.1. The second-order valence-electron chi connectivity index (χ2n) is 4.39. The second-order valence-corrected chi connectivity index (χ2v) is 6.58. The van der Waals surface area contributed by atoms with Crippen LogP contribution in [0.15, 0.2) is 35.5 Å². The number of aryl methyl sites for hydroxylation is 1. The molecule has 0 amide bonds. The highest BCUT2D eigenvalue weighted by Gasteiger charge is 2.15. The molecule has 0 aliphatic heterocycles. The van der Waals surface area contributed by atoms with Crippen molar-refractivity contribution in [1.29, 1.82) is 0 Å². The molecule has 0 radical (unpaired) electrons.